The fraction of sp³-hybridized carbons (Fsp3) is 0.232. The number of aldehydes is 2. The number of nitrogens with one attached hydrogen (secondary N) is 6. The van der Waals surface area contributed by atoms with Gasteiger partial charge >= 0.3 is 47.5 Å². The molecule has 0 saturated carbocycles. The molecule has 12 N–H and O–H groups in total. The number of fused-ring (bicyclic) bond motifs is 8. The number of H-pyrrole nitrogens is 6. The molecule has 17 heterocycles. The first-order valence-electron chi connectivity index (χ1n) is 33.9. The van der Waals surface area contributed by atoms with Gasteiger partial charge in [0.25, 0.3) is 0 Å². The van der Waals surface area contributed by atoms with E-state index in [1.807, 2.05) is 12.3 Å². The van der Waals surface area contributed by atoms with Crippen molar-refractivity contribution >= 4 is 286 Å². The van der Waals surface area contributed by atoms with Crippen LogP contribution in [0, 0.1) is 0 Å². The number of nitrogens with zero attached hydrogens (tertiary/aromatic N) is 18. The molecule has 0 aromatic carbocycles. The number of aliphatic hydroxyl groups is 4. The zero-order chi connectivity index (χ0) is 87.8. The molecular formula is C69H69Br8Cl2N24NaO16SSi. The number of aromatic amines is 6. The van der Waals surface area contributed by atoms with E-state index >= 15 is 0 Å². The maximum atomic E-state index is 11.9. The number of ether oxygens (including phenoxy) is 4. The SMILES string of the molecule is Brc1cnc2[nH]ccc2n1.C1CCOC1.CO.COC(=O)c1c[nH]c2ncc(Br)nc12.COC(=O)c1cn(COCC[Si](C)(C)C)c2ncc(Br)nc12.O=C(O)c1c[nH]c2ncc(Br)nc12.O=Cc1c[nH]c2ncc(Br)nc12.O=Cc1c[nH]c2ncc(Br)nc12.O=S(Cl)Cl.OCc1c[nH]c2ncc(Br)nc12.OCc1cn(CO)c2ncc(Br)nc12.[Na+].[OH-]. The first kappa shape index (κ1) is 105. The minimum atomic E-state index is -1.67. The van der Waals surface area contributed by atoms with Gasteiger partial charge in [0, 0.05) is 117 Å². The minimum Gasteiger partial charge on any atom is -0.870 e. The van der Waals surface area contributed by atoms with Crippen LogP contribution < -0.4 is 29.6 Å². The quantitative estimate of drug-likeness (QED) is 0.0168. The van der Waals surface area contributed by atoms with Crippen LogP contribution in [0.2, 0.25) is 25.7 Å². The van der Waals surface area contributed by atoms with Crippen LogP contribution in [0.3, 0.4) is 0 Å². The van der Waals surface area contributed by atoms with Gasteiger partial charge in [-0.3, -0.25) is 9.59 Å². The maximum absolute atomic E-state index is 11.9. The first-order chi connectivity index (χ1) is 57.5. The molecule has 0 atom stereocenters. The molecule has 0 spiro atoms. The Balaban J connectivity index is 0.000000245. The summed E-state index contributed by atoms with van der Waals surface area (Å²) < 4.78 is 37.4. The Hall–Kier alpha value is -7.78. The number of carbonyl (C=O) groups excluding carboxylic acids is 4. The van der Waals surface area contributed by atoms with E-state index in [2.05, 4.69) is 283 Å². The van der Waals surface area contributed by atoms with Gasteiger partial charge in [-0.05, 0) is 152 Å². The number of aromatic carboxylic acids is 1. The van der Waals surface area contributed by atoms with Crippen molar-refractivity contribution in [2.24, 2.45) is 0 Å². The molecule has 17 rings (SSSR count). The Morgan fingerprint density at radius 2 is 0.885 bits per heavy atom. The van der Waals surface area contributed by atoms with Gasteiger partial charge in [0.1, 0.15) is 111 Å². The number of hydrogen-bond donors (Lipinski definition) is 11. The molecule has 1 saturated heterocycles. The summed E-state index contributed by atoms with van der Waals surface area (Å²) in [7, 11) is 9.92. The molecule has 1 fully saturated rings. The van der Waals surface area contributed by atoms with E-state index < -0.39 is 35.2 Å². The zero-order valence-electron chi connectivity index (χ0n) is 64.5. The molecule has 0 unspecified atom stereocenters. The van der Waals surface area contributed by atoms with E-state index in [0.29, 0.717) is 152 Å². The van der Waals surface area contributed by atoms with E-state index in [4.69, 9.17) is 44.0 Å². The predicted molar refractivity (Wildman–Crippen MR) is 479 cm³/mol. The van der Waals surface area contributed by atoms with Gasteiger partial charge < -0.3 is 89.0 Å². The fourth-order valence-corrected chi connectivity index (χ4v) is 12.7. The van der Waals surface area contributed by atoms with Gasteiger partial charge in [0.15, 0.2) is 57.7 Å². The van der Waals surface area contributed by atoms with E-state index in [-0.39, 0.29) is 60.5 Å². The summed E-state index contributed by atoms with van der Waals surface area (Å²) >= 11 is 25.6. The van der Waals surface area contributed by atoms with Crippen LogP contribution in [0.1, 0.15) is 75.8 Å². The average molecular weight is 2280 g/mol. The second-order valence-corrected chi connectivity index (χ2v) is 38.9. The van der Waals surface area contributed by atoms with Crippen molar-refractivity contribution in [2.45, 2.75) is 65.2 Å². The Morgan fingerprint density at radius 1 is 0.508 bits per heavy atom. The molecule has 642 valence electrons. The Bertz CT molecular complexity index is 6050. The molecule has 1 aliphatic rings. The van der Waals surface area contributed by atoms with Crippen LogP contribution in [0.15, 0.2) is 142 Å². The van der Waals surface area contributed by atoms with Gasteiger partial charge in [-0.1, -0.05) is 19.6 Å². The summed E-state index contributed by atoms with van der Waals surface area (Å²) in [5, 5.41) is 42.7. The smallest absolute Gasteiger partial charge is 0.870 e. The molecule has 1 aliphatic heterocycles. The van der Waals surface area contributed by atoms with Gasteiger partial charge in [-0.25, -0.2) is 98.3 Å². The number of methoxy groups -OCH3 is 2. The fourth-order valence-electron chi connectivity index (χ4n) is 9.74. The van der Waals surface area contributed by atoms with Crippen molar-refractivity contribution in [3.05, 3.63) is 181 Å². The maximum Gasteiger partial charge on any atom is 1.00 e. The summed E-state index contributed by atoms with van der Waals surface area (Å²) in [6.07, 6.45) is 29.6. The van der Waals surface area contributed by atoms with Crippen molar-refractivity contribution in [3.8, 4) is 0 Å². The average Bonchev–Trinajstić information content (AvgIpc) is 1.63. The normalized spacial score (nSPS) is 11.0. The van der Waals surface area contributed by atoms with Crippen molar-refractivity contribution in [2.75, 3.05) is 41.2 Å². The number of hydrogen-bond acceptors (Lipinski definition) is 31. The Labute approximate surface area is 791 Å². The number of rotatable bonds is 13. The number of halogens is 10. The molecule has 16 aromatic heterocycles. The molecule has 40 nitrogen and oxygen atoms in total. The minimum absolute atomic E-state index is 0. The molecule has 0 radical (unpaired) electrons. The molecule has 53 heteroatoms. The molecule has 0 amide bonds. The van der Waals surface area contributed by atoms with Crippen LogP contribution >= 0.6 is 149 Å². The zero-order valence-corrected chi connectivity index (χ0v) is 82.6. The van der Waals surface area contributed by atoms with Crippen LogP contribution in [-0.2, 0) is 54.8 Å². The van der Waals surface area contributed by atoms with E-state index in [0.717, 1.165) is 60.3 Å². The van der Waals surface area contributed by atoms with Gasteiger partial charge in [0.2, 0.25) is 9.23 Å². The Kier molecular flexibility index (Phi) is 45.4. The Morgan fingerprint density at radius 3 is 1.32 bits per heavy atom. The largest absolute Gasteiger partial charge is 1.00 e. The third-order valence-electron chi connectivity index (χ3n) is 15.1. The van der Waals surface area contributed by atoms with Gasteiger partial charge in [-0.2, -0.15) is 0 Å². The van der Waals surface area contributed by atoms with Crippen LogP contribution in [0.25, 0.3) is 89.3 Å². The second kappa shape index (κ2) is 52.9. The number of aliphatic hydroxyl groups excluding tert-OH is 4. The van der Waals surface area contributed by atoms with Crippen molar-refractivity contribution in [1.29, 1.82) is 0 Å². The number of carboxylic acid groups (broad SMARTS) is 1. The standard InChI is InChI=1S/C14H20BrN3O3Si.C8H8BrN3O2.C8H6BrN3O2.C7H4BrN3O2.C7H6BrN3O.2C7H4BrN3O.C6H4BrN3.C4H8O.CH4O.Cl2OS.Na.H2O/c1-20-14(19)10-8-18(9-21-5-6-22(2,3)4)13-12(10)17-11(15)7-16-13;9-6-1-10-8-7(11-6)5(3-13)2-12(8)4-14;1-14-8(13)4-2-10-7-6(4)12-5(9)3-11-7;8-4-2-10-6-5(11-4)3(1-9-6)7(12)13;3*8-5-2-10-7-6(11-5)4(3-12)1-9-7;7-5-3-9-6-4(10-5)1-2-8-6;1-2-4-5-3-1;1-2;1-4(2)3;;/h7-8H,5-6,9H2,1-4H3;1-2,13-14H,3-4H2;2-3H,1H3,(H,10,11);1-2H,(H,9,10)(H,12,13);1-2,12H,3H2,(H,9,10);2*1-3H,(H,9,10);1-3H,(H,8,9);1-4H2;2H,1H3;;;1H2/q;;;;;;;;;;;+1;/p-1. The summed E-state index contributed by atoms with van der Waals surface area (Å²) in [6, 6.07) is 2.97. The number of carboxylic acids is 1. The van der Waals surface area contributed by atoms with E-state index in [1.54, 1.807) is 78.9 Å². The van der Waals surface area contributed by atoms with E-state index in [9.17, 15) is 24.0 Å². The third-order valence-corrected chi connectivity index (χ3v) is 19.9. The molecular weight excluding hydrogens is 2210 g/mol. The second-order valence-electron chi connectivity index (χ2n) is 24.3. The van der Waals surface area contributed by atoms with Gasteiger partial charge in [-0.15, -0.1) is 0 Å². The first-order valence-corrected chi connectivity index (χ1v) is 46.8. The topological polar surface area (TPSA) is 581 Å². The van der Waals surface area contributed by atoms with Crippen molar-refractivity contribution < 1.29 is 108 Å². The predicted octanol–water partition coefficient (Wildman–Crippen LogP) is 11.1. The van der Waals surface area contributed by atoms with E-state index in [1.165, 1.54) is 50.2 Å². The van der Waals surface area contributed by atoms with Gasteiger partial charge in [0.05, 0.1) is 88.1 Å². The summed E-state index contributed by atoms with van der Waals surface area (Å²) in [4.78, 5) is 138. The van der Waals surface area contributed by atoms with Crippen molar-refractivity contribution in [3.63, 3.8) is 0 Å². The number of carbonyl (C=O) groups is 5. The molecule has 16 aromatic rings. The summed E-state index contributed by atoms with van der Waals surface area (Å²) in [5.41, 5.74) is 13.1. The molecule has 0 aliphatic carbocycles. The third kappa shape index (κ3) is 31.4. The molecule has 0 bridgehead atoms. The molecule has 122 heavy (non-hydrogen) atoms. The summed E-state index contributed by atoms with van der Waals surface area (Å²) in [6.45, 7) is 9.65. The van der Waals surface area contributed by atoms with Crippen LogP contribution in [0.4, 0.5) is 0 Å². The number of esters is 2. The summed E-state index contributed by atoms with van der Waals surface area (Å²) in [5.74, 6) is -1.87. The monoisotopic (exact) mass is 2270 g/mol. The van der Waals surface area contributed by atoms with Crippen LogP contribution in [0.5, 0.6) is 0 Å². The van der Waals surface area contributed by atoms with Crippen molar-refractivity contribution in [1.82, 2.24) is 119 Å². The van der Waals surface area contributed by atoms with Crippen LogP contribution in [-0.4, -0.2) is 234 Å². The number of aromatic nitrogens is 24.